The van der Waals surface area contributed by atoms with Crippen LogP contribution in [-0.4, -0.2) is 55.9 Å². The molecule has 1 heterocycles. The minimum absolute atomic E-state index is 0.213. The second kappa shape index (κ2) is 7.89. The Labute approximate surface area is 131 Å². The van der Waals surface area contributed by atoms with Gasteiger partial charge >= 0.3 is 5.97 Å². The SMILES string of the molecule is COc1cc(NC2CCN(CCC(=O)O)CC2)cc(OC)c1. The van der Waals surface area contributed by atoms with Crippen LogP contribution < -0.4 is 14.8 Å². The van der Waals surface area contributed by atoms with E-state index in [1.165, 1.54) is 0 Å². The van der Waals surface area contributed by atoms with Gasteiger partial charge in [0.2, 0.25) is 0 Å². The summed E-state index contributed by atoms with van der Waals surface area (Å²) in [5, 5.41) is 12.2. The summed E-state index contributed by atoms with van der Waals surface area (Å²) in [6.07, 6.45) is 2.21. The first-order valence-electron chi connectivity index (χ1n) is 7.54. The van der Waals surface area contributed by atoms with Gasteiger partial charge in [-0.1, -0.05) is 0 Å². The molecule has 1 aromatic rings. The molecular weight excluding hydrogens is 284 g/mol. The van der Waals surface area contributed by atoms with Crippen molar-refractivity contribution in [2.24, 2.45) is 0 Å². The van der Waals surface area contributed by atoms with Crippen molar-refractivity contribution in [2.75, 3.05) is 39.2 Å². The Balaban J connectivity index is 1.86. The maximum atomic E-state index is 10.6. The number of piperidine rings is 1. The molecule has 6 heteroatoms. The van der Waals surface area contributed by atoms with E-state index in [9.17, 15) is 4.79 Å². The zero-order valence-electron chi connectivity index (χ0n) is 13.2. The first-order valence-corrected chi connectivity index (χ1v) is 7.54. The summed E-state index contributed by atoms with van der Waals surface area (Å²) in [4.78, 5) is 12.8. The maximum Gasteiger partial charge on any atom is 0.304 e. The van der Waals surface area contributed by atoms with Crippen LogP contribution in [0.15, 0.2) is 18.2 Å². The third-order valence-corrected chi connectivity index (χ3v) is 3.95. The molecular formula is C16H24N2O4. The number of benzene rings is 1. The van der Waals surface area contributed by atoms with Gasteiger partial charge in [0.15, 0.2) is 0 Å². The largest absolute Gasteiger partial charge is 0.497 e. The number of carbonyl (C=O) groups is 1. The summed E-state index contributed by atoms with van der Waals surface area (Å²) < 4.78 is 10.5. The highest BCUT2D eigenvalue weighted by Gasteiger charge is 2.19. The van der Waals surface area contributed by atoms with E-state index in [2.05, 4.69) is 10.2 Å². The summed E-state index contributed by atoms with van der Waals surface area (Å²) in [7, 11) is 3.28. The first kappa shape index (κ1) is 16.4. The molecule has 1 aromatic carbocycles. The molecule has 0 spiro atoms. The molecule has 0 aromatic heterocycles. The van der Waals surface area contributed by atoms with Crippen molar-refractivity contribution < 1.29 is 19.4 Å². The van der Waals surface area contributed by atoms with Crippen molar-refractivity contribution in [1.29, 1.82) is 0 Å². The minimum Gasteiger partial charge on any atom is -0.497 e. The smallest absolute Gasteiger partial charge is 0.304 e. The Morgan fingerprint density at radius 1 is 1.23 bits per heavy atom. The van der Waals surface area contributed by atoms with Gasteiger partial charge in [0.1, 0.15) is 11.5 Å². The average molecular weight is 308 g/mol. The molecule has 0 unspecified atom stereocenters. The molecule has 0 radical (unpaired) electrons. The van der Waals surface area contributed by atoms with E-state index in [0.29, 0.717) is 12.6 Å². The third kappa shape index (κ3) is 4.80. The molecule has 0 saturated carbocycles. The van der Waals surface area contributed by atoms with Crippen LogP contribution in [0.2, 0.25) is 0 Å². The van der Waals surface area contributed by atoms with Crippen molar-refractivity contribution in [3.63, 3.8) is 0 Å². The fourth-order valence-corrected chi connectivity index (χ4v) is 2.68. The van der Waals surface area contributed by atoms with Crippen LogP contribution >= 0.6 is 0 Å². The van der Waals surface area contributed by atoms with Crippen LogP contribution in [-0.2, 0) is 4.79 Å². The van der Waals surface area contributed by atoms with Crippen LogP contribution in [0, 0.1) is 0 Å². The number of carboxylic acid groups (broad SMARTS) is 1. The van der Waals surface area contributed by atoms with E-state index in [1.807, 2.05) is 18.2 Å². The fraction of sp³-hybridized carbons (Fsp3) is 0.562. The maximum absolute atomic E-state index is 10.6. The van der Waals surface area contributed by atoms with Gasteiger partial charge in [0.05, 0.1) is 20.6 Å². The van der Waals surface area contributed by atoms with Gasteiger partial charge in [-0.25, -0.2) is 0 Å². The minimum atomic E-state index is -0.733. The van der Waals surface area contributed by atoms with Gasteiger partial charge in [-0.3, -0.25) is 4.79 Å². The van der Waals surface area contributed by atoms with Gasteiger partial charge in [0.25, 0.3) is 0 Å². The number of hydrogen-bond donors (Lipinski definition) is 2. The van der Waals surface area contributed by atoms with Crippen molar-refractivity contribution in [3.05, 3.63) is 18.2 Å². The molecule has 2 rings (SSSR count). The summed E-state index contributed by atoms with van der Waals surface area (Å²) >= 11 is 0. The lowest BCUT2D eigenvalue weighted by Gasteiger charge is -2.32. The van der Waals surface area contributed by atoms with E-state index in [4.69, 9.17) is 14.6 Å². The van der Waals surface area contributed by atoms with Gasteiger partial charge in [-0.05, 0) is 12.8 Å². The Bertz CT molecular complexity index is 477. The molecule has 1 aliphatic heterocycles. The Morgan fingerprint density at radius 2 is 1.82 bits per heavy atom. The highest BCUT2D eigenvalue weighted by molar-refractivity contribution is 5.66. The van der Waals surface area contributed by atoms with Crippen molar-refractivity contribution in [3.8, 4) is 11.5 Å². The van der Waals surface area contributed by atoms with Crippen molar-refractivity contribution >= 4 is 11.7 Å². The lowest BCUT2D eigenvalue weighted by molar-refractivity contribution is -0.137. The molecule has 1 fully saturated rings. The highest BCUT2D eigenvalue weighted by Crippen LogP contribution is 2.27. The summed E-state index contributed by atoms with van der Waals surface area (Å²) in [6.45, 7) is 2.48. The number of likely N-dealkylation sites (tertiary alicyclic amines) is 1. The predicted octanol–water partition coefficient (Wildman–Crippen LogP) is 2.05. The predicted molar refractivity (Wildman–Crippen MR) is 84.9 cm³/mol. The second-order valence-electron chi connectivity index (χ2n) is 5.51. The highest BCUT2D eigenvalue weighted by atomic mass is 16.5. The number of methoxy groups -OCH3 is 2. The monoisotopic (exact) mass is 308 g/mol. The van der Waals surface area contributed by atoms with Crippen LogP contribution in [0.25, 0.3) is 0 Å². The van der Waals surface area contributed by atoms with Crippen molar-refractivity contribution in [2.45, 2.75) is 25.3 Å². The number of ether oxygens (including phenoxy) is 2. The van der Waals surface area contributed by atoms with Crippen molar-refractivity contribution in [1.82, 2.24) is 4.90 Å². The lowest BCUT2D eigenvalue weighted by Crippen LogP contribution is -2.40. The average Bonchev–Trinajstić information content (AvgIpc) is 2.53. The van der Waals surface area contributed by atoms with Crippen LogP contribution in [0.4, 0.5) is 5.69 Å². The molecule has 0 aliphatic carbocycles. The Kier molecular flexibility index (Phi) is 5.89. The zero-order valence-corrected chi connectivity index (χ0v) is 13.2. The van der Waals surface area contributed by atoms with Gasteiger partial charge < -0.3 is 24.8 Å². The van der Waals surface area contributed by atoms with Crippen LogP contribution in [0.5, 0.6) is 11.5 Å². The number of nitrogens with one attached hydrogen (secondary N) is 1. The number of anilines is 1. The standard InChI is InChI=1S/C16H24N2O4/c1-21-14-9-13(10-15(11-14)22-2)17-12-3-6-18(7-4-12)8-5-16(19)20/h9-12,17H,3-8H2,1-2H3,(H,19,20). The van der Waals surface area contributed by atoms with E-state index in [0.717, 1.165) is 43.1 Å². The van der Waals surface area contributed by atoms with Gasteiger partial charge in [0, 0.05) is 49.6 Å². The number of carboxylic acids is 1. The molecule has 1 aliphatic rings. The number of rotatable bonds is 7. The molecule has 122 valence electrons. The summed E-state index contributed by atoms with van der Waals surface area (Å²) in [5.41, 5.74) is 0.986. The first-order chi connectivity index (χ1) is 10.6. The molecule has 6 nitrogen and oxygen atoms in total. The van der Waals surface area contributed by atoms with Crippen LogP contribution in [0.3, 0.4) is 0 Å². The molecule has 0 atom stereocenters. The van der Waals surface area contributed by atoms with Gasteiger partial charge in [-0.2, -0.15) is 0 Å². The quantitative estimate of drug-likeness (QED) is 0.803. The van der Waals surface area contributed by atoms with E-state index in [-0.39, 0.29) is 6.42 Å². The molecule has 2 N–H and O–H groups in total. The van der Waals surface area contributed by atoms with E-state index < -0.39 is 5.97 Å². The lowest BCUT2D eigenvalue weighted by atomic mass is 10.0. The molecule has 0 amide bonds. The second-order valence-corrected chi connectivity index (χ2v) is 5.51. The van der Waals surface area contributed by atoms with E-state index >= 15 is 0 Å². The van der Waals surface area contributed by atoms with Crippen LogP contribution in [0.1, 0.15) is 19.3 Å². The number of hydrogen-bond acceptors (Lipinski definition) is 5. The fourth-order valence-electron chi connectivity index (χ4n) is 2.68. The Hall–Kier alpha value is -1.95. The molecule has 22 heavy (non-hydrogen) atoms. The van der Waals surface area contributed by atoms with Gasteiger partial charge in [-0.15, -0.1) is 0 Å². The number of aliphatic carboxylic acids is 1. The summed E-state index contributed by atoms with van der Waals surface area (Å²) in [5.74, 6) is 0.796. The van der Waals surface area contributed by atoms with E-state index in [1.54, 1.807) is 14.2 Å². The Morgan fingerprint density at radius 3 is 2.32 bits per heavy atom. The summed E-state index contributed by atoms with van der Waals surface area (Å²) in [6, 6.07) is 6.15. The number of nitrogens with zero attached hydrogens (tertiary/aromatic N) is 1. The third-order valence-electron chi connectivity index (χ3n) is 3.95. The molecule has 1 saturated heterocycles. The zero-order chi connectivity index (χ0) is 15.9. The molecule has 0 bridgehead atoms. The topological polar surface area (TPSA) is 71.0 Å². The normalized spacial score (nSPS) is 16.3.